The first-order valence-corrected chi connectivity index (χ1v) is 10.1. The lowest BCUT2D eigenvalue weighted by atomic mass is 10.1. The standard InChI is InChI=1S/C24H27N3O3/c1-6-29-19-11-12-20-21(14-25)23(27(15(2)3)22(20)13-19)17-7-9-18(10-8-17)26-24(28)30-16(4)5/h7-13,15-16H,6H2,1-5H3,(H,26,28). The van der Waals surface area contributed by atoms with Gasteiger partial charge >= 0.3 is 6.09 Å². The maximum atomic E-state index is 11.8. The second-order valence-corrected chi connectivity index (χ2v) is 7.57. The summed E-state index contributed by atoms with van der Waals surface area (Å²) in [5.74, 6) is 0.781. The minimum atomic E-state index is -0.491. The molecule has 0 spiro atoms. The first-order chi connectivity index (χ1) is 14.3. The average Bonchev–Trinajstić information content (AvgIpc) is 3.02. The number of nitrogens with zero attached hydrogens (tertiary/aromatic N) is 2. The number of anilines is 1. The molecule has 0 saturated heterocycles. The van der Waals surface area contributed by atoms with E-state index in [0.29, 0.717) is 17.9 Å². The maximum Gasteiger partial charge on any atom is 0.411 e. The van der Waals surface area contributed by atoms with Crippen LogP contribution >= 0.6 is 0 Å². The van der Waals surface area contributed by atoms with Crippen molar-refractivity contribution < 1.29 is 14.3 Å². The highest BCUT2D eigenvalue weighted by Gasteiger charge is 2.21. The summed E-state index contributed by atoms with van der Waals surface area (Å²) >= 11 is 0. The minimum Gasteiger partial charge on any atom is -0.494 e. The lowest BCUT2D eigenvalue weighted by Gasteiger charge is -2.16. The van der Waals surface area contributed by atoms with Gasteiger partial charge in [0.2, 0.25) is 0 Å². The van der Waals surface area contributed by atoms with Crippen molar-refractivity contribution >= 4 is 22.7 Å². The molecule has 0 radical (unpaired) electrons. The van der Waals surface area contributed by atoms with Gasteiger partial charge in [0.1, 0.15) is 11.8 Å². The summed E-state index contributed by atoms with van der Waals surface area (Å²) in [6.07, 6.45) is -0.680. The lowest BCUT2D eigenvalue weighted by Crippen LogP contribution is -2.17. The summed E-state index contributed by atoms with van der Waals surface area (Å²) in [6, 6.07) is 15.8. The zero-order chi connectivity index (χ0) is 21.8. The number of carbonyl (C=O) groups excluding carboxylic acids is 1. The smallest absolute Gasteiger partial charge is 0.411 e. The van der Waals surface area contributed by atoms with Crippen molar-refractivity contribution in [2.45, 2.75) is 46.8 Å². The normalized spacial score (nSPS) is 11.0. The monoisotopic (exact) mass is 405 g/mol. The van der Waals surface area contributed by atoms with Gasteiger partial charge in [-0.05, 0) is 64.4 Å². The summed E-state index contributed by atoms with van der Waals surface area (Å²) in [5, 5.41) is 13.5. The van der Waals surface area contributed by atoms with Crippen LogP contribution in [0.2, 0.25) is 0 Å². The zero-order valence-corrected chi connectivity index (χ0v) is 18.0. The molecule has 1 N–H and O–H groups in total. The zero-order valence-electron chi connectivity index (χ0n) is 18.0. The van der Waals surface area contributed by atoms with E-state index in [9.17, 15) is 10.1 Å². The van der Waals surface area contributed by atoms with Gasteiger partial charge in [-0.3, -0.25) is 5.32 Å². The molecule has 1 aromatic heterocycles. The molecule has 30 heavy (non-hydrogen) atoms. The van der Waals surface area contributed by atoms with E-state index in [1.165, 1.54) is 0 Å². The molecule has 0 unspecified atom stereocenters. The van der Waals surface area contributed by atoms with E-state index in [0.717, 1.165) is 27.9 Å². The van der Waals surface area contributed by atoms with Crippen molar-refractivity contribution in [2.24, 2.45) is 0 Å². The van der Waals surface area contributed by atoms with Crippen molar-refractivity contribution in [3.05, 3.63) is 48.0 Å². The van der Waals surface area contributed by atoms with Crippen LogP contribution in [0.5, 0.6) is 5.75 Å². The third-order valence-electron chi connectivity index (χ3n) is 4.66. The van der Waals surface area contributed by atoms with Crippen LogP contribution in [0, 0.1) is 11.3 Å². The average molecular weight is 405 g/mol. The highest BCUT2D eigenvalue weighted by Crippen LogP contribution is 2.37. The lowest BCUT2D eigenvalue weighted by molar-refractivity contribution is 0.130. The fourth-order valence-electron chi connectivity index (χ4n) is 3.55. The van der Waals surface area contributed by atoms with Crippen molar-refractivity contribution in [3.63, 3.8) is 0 Å². The summed E-state index contributed by atoms with van der Waals surface area (Å²) in [4.78, 5) is 11.8. The minimum absolute atomic E-state index is 0.139. The van der Waals surface area contributed by atoms with Gasteiger partial charge in [0.05, 0.1) is 29.5 Å². The highest BCUT2D eigenvalue weighted by atomic mass is 16.6. The van der Waals surface area contributed by atoms with Crippen LogP contribution in [-0.4, -0.2) is 23.4 Å². The number of rotatable bonds is 6. The number of nitrogens with one attached hydrogen (secondary N) is 1. The van der Waals surface area contributed by atoms with Crippen LogP contribution in [0.15, 0.2) is 42.5 Å². The van der Waals surface area contributed by atoms with E-state index in [1.807, 2.05) is 49.4 Å². The predicted octanol–water partition coefficient (Wildman–Crippen LogP) is 6.12. The Bertz CT molecular complexity index is 1090. The van der Waals surface area contributed by atoms with Gasteiger partial charge in [0.15, 0.2) is 0 Å². The van der Waals surface area contributed by atoms with Crippen LogP contribution in [0.25, 0.3) is 22.2 Å². The molecular weight excluding hydrogens is 378 g/mol. The predicted molar refractivity (Wildman–Crippen MR) is 119 cm³/mol. The summed E-state index contributed by atoms with van der Waals surface area (Å²) in [6.45, 7) is 10.3. The molecule has 1 amide bonds. The molecule has 156 valence electrons. The number of hydrogen-bond acceptors (Lipinski definition) is 4. The topological polar surface area (TPSA) is 76.3 Å². The second-order valence-electron chi connectivity index (χ2n) is 7.57. The molecule has 0 aliphatic rings. The summed E-state index contributed by atoms with van der Waals surface area (Å²) < 4.78 is 12.9. The van der Waals surface area contributed by atoms with Crippen LogP contribution in [0.4, 0.5) is 10.5 Å². The Morgan fingerprint density at radius 2 is 1.83 bits per heavy atom. The molecule has 6 heteroatoms. The van der Waals surface area contributed by atoms with Gasteiger partial charge in [-0.2, -0.15) is 5.26 Å². The highest BCUT2D eigenvalue weighted by molar-refractivity contribution is 5.95. The van der Waals surface area contributed by atoms with Gasteiger partial charge in [0.25, 0.3) is 0 Å². The van der Waals surface area contributed by atoms with Crippen LogP contribution in [-0.2, 0) is 4.74 Å². The third kappa shape index (κ3) is 4.25. The first-order valence-electron chi connectivity index (χ1n) is 10.1. The number of nitriles is 1. The quantitative estimate of drug-likeness (QED) is 0.536. The molecule has 6 nitrogen and oxygen atoms in total. The number of hydrogen-bond donors (Lipinski definition) is 1. The molecule has 0 saturated carbocycles. The fraction of sp³-hybridized carbons (Fsp3) is 0.333. The van der Waals surface area contributed by atoms with E-state index in [4.69, 9.17) is 9.47 Å². The molecule has 2 aromatic carbocycles. The Kier molecular flexibility index (Phi) is 6.31. The number of ether oxygens (including phenoxy) is 2. The molecule has 1 heterocycles. The maximum absolute atomic E-state index is 11.8. The van der Waals surface area contributed by atoms with Gasteiger partial charge in [0, 0.05) is 23.2 Å². The van der Waals surface area contributed by atoms with E-state index < -0.39 is 6.09 Å². The molecular formula is C24H27N3O3. The molecule has 3 rings (SSSR count). The molecule has 0 atom stereocenters. The van der Waals surface area contributed by atoms with Crippen LogP contribution in [0.3, 0.4) is 0 Å². The number of benzene rings is 2. The van der Waals surface area contributed by atoms with E-state index >= 15 is 0 Å². The number of amides is 1. The molecule has 0 bridgehead atoms. The van der Waals surface area contributed by atoms with Crippen molar-refractivity contribution in [1.82, 2.24) is 4.57 Å². The Balaban J connectivity index is 2.07. The number of aromatic nitrogens is 1. The molecule has 0 aliphatic carbocycles. The van der Waals surface area contributed by atoms with Gasteiger partial charge in [-0.1, -0.05) is 12.1 Å². The van der Waals surface area contributed by atoms with E-state index in [-0.39, 0.29) is 12.1 Å². The SMILES string of the molecule is CCOc1ccc2c(C#N)c(-c3ccc(NC(=O)OC(C)C)cc3)n(C(C)C)c2c1. The van der Waals surface area contributed by atoms with E-state index in [2.05, 4.69) is 29.8 Å². The second kappa shape index (κ2) is 8.91. The summed E-state index contributed by atoms with van der Waals surface area (Å²) in [7, 11) is 0. The van der Waals surface area contributed by atoms with Crippen molar-refractivity contribution in [3.8, 4) is 23.1 Å². The van der Waals surface area contributed by atoms with Crippen LogP contribution in [0.1, 0.15) is 46.2 Å². The number of fused-ring (bicyclic) bond motifs is 1. The van der Waals surface area contributed by atoms with Crippen LogP contribution < -0.4 is 10.1 Å². The Morgan fingerprint density at radius 1 is 1.13 bits per heavy atom. The van der Waals surface area contributed by atoms with Crippen molar-refractivity contribution in [1.29, 1.82) is 5.26 Å². The van der Waals surface area contributed by atoms with Crippen molar-refractivity contribution in [2.75, 3.05) is 11.9 Å². The van der Waals surface area contributed by atoms with Gasteiger partial charge in [-0.15, -0.1) is 0 Å². The molecule has 0 aliphatic heterocycles. The third-order valence-corrected chi connectivity index (χ3v) is 4.66. The molecule has 3 aromatic rings. The number of carbonyl (C=O) groups is 1. The van der Waals surface area contributed by atoms with Gasteiger partial charge < -0.3 is 14.0 Å². The summed E-state index contributed by atoms with van der Waals surface area (Å²) in [5.41, 5.74) is 3.98. The Hall–Kier alpha value is -3.46. The van der Waals surface area contributed by atoms with E-state index in [1.54, 1.807) is 13.8 Å². The first kappa shape index (κ1) is 21.3. The van der Waals surface area contributed by atoms with Gasteiger partial charge in [-0.25, -0.2) is 4.79 Å². The fourth-order valence-corrected chi connectivity index (χ4v) is 3.55. The Morgan fingerprint density at radius 3 is 2.40 bits per heavy atom. The molecule has 0 fully saturated rings. The largest absolute Gasteiger partial charge is 0.494 e. The Labute approximate surface area is 177 Å².